The number of aromatic nitrogens is 3. The Morgan fingerprint density at radius 1 is 1.71 bits per heavy atom. The van der Waals surface area contributed by atoms with Crippen LogP contribution in [0.25, 0.3) is 0 Å². The predicted octanol–water partition coefficient (Wildman–Crippen LogP) is 0.287. The standard InChI is InChI=1S/C8H16N4OS/c1-13-6-7(9)8-5-10-11-12(8)3-4-14-2/h5,7H,3-4,6,9H2,1-2H3/t7-/m0/s1. The van der Waals surface area contributed by atoms with Crippen LogP contribution in [-0.2, 0) is 11.3 Å². The quantitative estimate of drug-likeness (QED) is 0.740. The van der Waals surface area contributed by atoms with E-state index < -0.39 is 0 Å². The van der Waals surface area contributed by atoms with Gasteiger partial charge in [-0.25, -0.2) is 4.68 Å². The average Bonchev–Trinajstić information content (AvgIpc) is 2.63. The summed E-state index contributed by atoms with van der Waals surface area (Å²) in [5.74, 6) is 1.01. The van der Waals surface area contributed by atoms with Crippen LogP contribution in [0.1, 0.15) is 11.7 Å². The molecule has 0 aliphatic rings. The van der Waals surface area contributed by atoms with Crippen molar-refractivity contribution in [2.45, 2.75) is 12.6 Å². The lowest BCUT2D eigenvalue weighted by atomic mass is 10.2. The van der Waals surface area contributed by atoms with Crippen molar-refractivity contribution in [2.24, 2.45) is 5.73 Å². The monoisotopic (exact) mass is 216 g/mol. The van der Waals surface area contributed by atoms with E-state index in [-0.39, 0.29) is 6.04 Å². The second-order valence-electron chi connectivity index (χ2n) is 2.94. The van der Waals surface area contributed by atoms with E-state index in [4.69, 9.17) is 10.5 Å². The summed E-state index contributed by atoms with van der Waals surface area (Å²) in [4.78, 5) is 0. The molecule has 14 heavy (non-hydrogen) atoms. The molecule has 2 N–H and O–H groups in total. The maximum Gasteiger partial charge on any atom is 0.0778 e. The van der Waals surface area contributed by atoms with Gasteiger partial charge in [-0.15, -0.1) is 5.10 Å². The minimum Gasteiger partial charge on any atom is -0.383 e. The number of hydrogen-bond donors (Lipinski definition) is 1. The maximum atomic E-state index is 5.89. The van der Waals surface area contributed by atoms with E-state index in [9.17, 15) is 0 Å². The largest absolute Gasteiger partial charge is 0.383 e. The zero-order valence-electron chi connectivity index (χ0n) is 8.51. The molecule has 1 rings (SSSR count). The van der Waals surface area contributed by atoms with E-state index in [0.29, 0.717) is 6.61 Å². The molecular weight excluding hydrogens is 200 g/mol. The normalized spacial score (nSPS) is 13.1. The second kappa shape index (κ2) is 6.00. The molecule has 0 unspecified atom stereocenters. The van der Waals surface area contributed by atoms with Gasteiger partial charge in [0, 0.05) is 12.9 Å². The summed E-state index contributed by atoms with van der Waals surface area (Å²) >= 11 is 1.77. The van der Waals surface area contributed by atoms with Gasteiger partial charge in [-0.3, -0.25) is 0 Å². The third-order valence-corrected chi connectivity index (χ3v) is 2.47. The zero-order valence-corrected chi connectivity index (χ0v) is 9.33. The van der Waals surface area contributed by atoms with Gasteiger partial charge in [-0.2, -0.15) is 11.8 Å². The summed E-state index contributed by atoms with van der Waals surface area (Å²) in [6.45, 7) is 1.33. The Bertz CT molecular complexity index is 266. The van der Waals surface area contributed by atoms with E-state index in [0.717, 1.165) is 18.0 Å². The Kier molecular flexibility index (Phi) is 4.92. The highest BCUT2D eigenvalue weighted by atomic mass is 32.2. The Morgan fingerprint density at radius 2 is 2.50 bits per heavy atom. The SMILES string of the molecule is COC[C@H](N)c1cnnn1CCSC. The van der Waals surface area contributed by atoms with Crippen molar-refractivity contribution in [3.05, 3.63) is 11.9 Å². The number of ether oxygens (including phenoxy) is 1. The summed E-state index contributed by atoms with van der Waals surface area (Å²) in [6, 6.07) is -0.142. The van der Waals surface area contributed by atoms with Crippen LogP contribution >= 0.6 is 11.8 Å². The number of nitrogens with zero attached hydrogens (tertiary/aromatic N) is 3. The third-order valence-electron chi connectivity index (χ3n) is 1.88. The van der Waals surface area contributed by atoms with Gasteiger partial charge < -0.3 is 10.5 Å². The molecule has 80 valence electrons. The highest BCUT2D eigenvalue weighted by molar-refractivity contribution is 7.98. The lowest BCUT2D eigenvalue weighted by molar-refractivity contribution is 0.178. The molecule has 0 aromatic carbocycles. The molecule has 1 heterocycles. The molecule has 1 atom stereocenters. The fourth-order valence-electron chi connectivity index (χ4n) is 1.17. The predicted molar refractivity (Wildman–Crippen MR) is 57.2 cm³/mol. The van der Waals surface area contributed by atoms with E-state index in [2.05, 4.69) is 16.6 Å². The molecule has 0 fully saturated rings. The third kappa shape index (κ3) is 2.97. The highest BCUT2D eigenvalue weighted by Gasteiger charge is 2.11. The van der Waals surface area contributed by atoms with Crippen molar-refractivity contribution in [2.75, 3.05) is 25.7 Å². The number of methoxy groups -OCH3 is 1. The fraction of sp³-hybridized carbons (Fsp3) is 0.750. The zero-order chi connectivity index (χ0) is 10.4. The van der Waals surface area contributed by atoms with Gasteiger partial charge in [0.15, 0.2) is 0 Å². The molecule has 5 nitrogen and oxygen atoms in total. The van der Waals surface area contributed by atoms with Crippen molar-refractivity contribution in [1.82, 2.24) is 15.0 Å². The minimum atomic E-state index is -0.142. The Morgan fingerprint density at radius 3 is 3.14 bits per heavy atom. The summed E-state index contributed by atoms with van der Waals surface area (Å²) < 4.78 is 6.82. The van der Waals surface area contributed by atoms with Crippen molar-refractivity contribution in [3.8, 4) is 0 Å². The molecule has 6 heteroatoms. The second-order valence-corrected chi connectivity index (χ2v) is 3.92. The minimum absolute atomic E-state index is 0.142. The van der Waals surface area contributed by atoms with Crippen LogP contribution in [0, 0.1) is 0 Å². The molecule has 0 bridgehead atoms. The first-order valence-electron chi connectivity index (χ1n) is 4.41. The maximum absolute atomic E-state index is 5.89. The lowest BCUT2D eigenvalue weighted by Gasteiger charge is -2.11. The van der Waals surface area contributed by atoms with Gasteiger partial charge in [0.05, 0.1) is 31.1 Å². The van der Waals surface area contributed by atoms with Crippen LogP contribution in [-0.4, -0.2) is 40.7 Å². The van der Waals surface area contributed by atoms with Crippen LogP contribution in [0.4, 0.5) is 0 Å². The molecule has 0 radical (unpaired) electrons. The van der Waals surface area contributed by atoms with Gasteiger partial charge in [0.25, 0.3) is 0 Å². The average molecular weight is 216 g/mol. The van der Waals surface area contributed by atoms with Crippen molar-refractivity contribution < 1.29 is 4.74 Å². The van der Waals surface area contributed by atoms with Crippen LogP contribution in [0.5, 0.6) is 0 Å². The van der Waals surface area contributed by atoms with Gasteiger partial charge >= 0.3 is 0 Å². The first-order chi connectivity index (χ1) is 6.79. The van der Waals surface area contributed by atoms with Crippen LogP contribution in [0.2, 0.25) is 0 Å². The molecule has 0 aliphatic carbocycles. The number of hydrogen-bond acceptors (Lipinski definition) is 5. The van der Waals surface area contributed by atoms with E-state index in [1.54, 1.807) is 25.1 Å². The fourth-order valence-corrected chi connectivity index (χ4v) is 1.52. The number of aryl methyl sites for hydroxylation is 1. The lowest BCUT2D eigenvalue weighted by Crippen LogP contribution is -2.21. The Balaban J connectivity index is 2.61. The van der Waals surface area contributed by atoms with Gasteiger partial charge in [0.2, 0.25) is 0 Å². The molecular formula is C8H16N4OS. The van der Waals surface area contributed by atoms with Crippen molar-refractivity contribution in [3.63, 3.8) is 0 Å². The van der Waals surface area contributed by atoms with Gasteiger partial charge in [-0.1, -0.05) is 5.21 Å². The van der Waals surface area contributed by atoms with Crippen molar-refractivity contribution >= 4 is 11.8 Å². The number of thioether (sulfide) groups is 1. The topological polar surface area (TPSA) is 66.0 Å². The number of rotatable bonds is 6. The number of nitrogens with two attached hydrogens (primary N) is 1. The molecule has 0 saturated carbocycles. The summed E-state index contributed by atoms with van der Waals surface area (Å²) in [7, 11) is 1.63. The molecule has 1 aromatic heterocycles. The smallest absolute Gasteiger partial charge is 0.0778 e. The summed E-state index contributed by atoms with van der Waals surface area (Å²) in [5.41, 5.74) is 6.82. The summed E-state index contributed by atoms with van der Waals surface area (Å²) in [5, 5.41) is 7.82. The van der Waals surface area contributed by atoms with Crippen molar-refractivity contribution in [1.29, 1.82) is 0 Å². The van der Waals surface area contributed by atoms with E-state index in [1.165, 1.54) is 0 Å². The molecule has 0 spiro atoms. The van der Waals surface area contributed by atoms with E-state index in [1.807, 2.05) is 4.68 Å². The van der Waals surface area contributed by atoms with Gasteiger partial charge in [0.1, 0.15) is 0 Å². The van der Waals surface area contributed by atoms with Crippen LogP contribution in [0.15, 0.2) is 6.20 Å². The van der Waals surface area contributed by atoms with Crippen LogP contribution in [0.3, 0.4) is 0 Å². The highest BCUT2D eigenvalue weighted by Crippen LogP contribution is 2.08. The molecule has 0 aliphatic heterocycles. The molecule has 1 aromatic rings. The molecule has 0 saturated heterocycles. The van der Waals surface area contributed by atoms with E-state index >= 15 is 0 Å². The van der Waals surface area contributed by atoms with Crippen LogP contribution < -0.4 is 5.73 Å². The van der Waals surface area contributed by atoms with Gasteiger partial charge in [-0.05, 0) is 6.26 Å². The molecule has 0 amide bonds. The summed E-state index contributed by atoms with van der Waals surface area (Å²) in [6.07, 6.45) is 3.76. The Hall–Kier alpha value is -0.590. The Labute approximate surface area is 88.0 Å². The first kappa shape index (κ1) is 11.5. The first-order valence-corrected chi connectivity index (χ1v) is 5.80.